The van der Waals surface area contributed by atoms with Crippen LogP contribution in [0.2, 0.25) is 0 Å². The summed E-state index contributed by atoms with van der Waals surface area (Å²) in [7, 11) is 0. The number of hydroxylamine groups is 1. The molecule has 0 saturated carbocycles. The molecule has 0 aliphatic carbocycles. The van der Waals surface area contributed by atoms with E-state index in [2.05, 4.69) is 0 Å². The molecule has 0 heterocycles. The normalized spacial score (nSPS) is 12.9. The zero-order valence-electron chi connectivity index (χ0n) is 12.2. The van der Waals surface area contributed by atoms with Crippen LogP contribution in [0.1, 0.15) is 38.9 Å². The van der Waals surface area contributed by atoms with E-state index in [1.807, 2.05) is 5.48 Å². The molecule has 1 atom stereocenters. The standard InChI is InChI=1S/C14H19F2NO4/c1-14(2,3)21-13(19)17-20-5-4-12(18)9-6-10(15)8-11(16)7-9/h6-8,12,18H,4-5H2,1-3H3,(H,17,19)/t12-/m0/s1. The van der Waals surface area contributed by atoms with Crippen LogP contribution in [-0.2, 0) is 9.57 Å². The second kappa shape index (κ2) is 7.33. The van der Waals surface area contributed by atoms with E-state index in [4.69, 9.17) is 9.57 Å². The van der Waals surface area contributed by atoms with Crippen molar-refractivity contribution < 1.29 is 28.3 Å². The Morgan fingerprint density at radius 1 is 1.29 bits per heavy atom. The number of rotatable bonds is 5. The van der Waals surface area contributed by atoms with Gasteiger partial charge >= 0.3 is 6.09 Å². The summed E-state index contributed by atoms with van der Waals surface area (Å²) >= 11 is 0. The van der Waals surface area contributed by atoms with Crippen molar-refractivity contribution in [1.29, 1.82) is 0 Å². The van der Waals surface area contributed by atoms with Crippen LogP contribution in [0.15, 0.2) is 18.2 Å². The van der Waals surface area contributed by atoms with Crippen LogP contribution in [0.3, 0.4) is 0 Å². The van der Waals surface area contributed by atoms with Gasteiger partial charge in [0.05, 0.1) is 12.7 Å². The average molecular weight is 303 g/mol. The van der Waals surface area contributed by atoms with Crippen LogP contribution in [0, 0.1) is 11.6 Å². The van der Waals surface area contributed by atoms with Gasteiger partial charge in [-0.05, 0) is 38.5 Å². The maximum Gasteiger partial charge on any atom is 0.431 e. The van der Waals surface area contributed by atoms with Gasteiger partial charge in [0, 0.05) is 12.5 Å². The van der Waals surface area contributed by atoms with E-state index >= 15 is 0 Å². The summed E-state index contributed by atoms with van der Waals surface area (Å²) in [4.78, 5) is 16.1. The van der Waals surface area contributed by atoms with Crippen LogP contribution in [0.25, 0.3) is 0 Å². The number of ether oxygens (including phenoxy) is 1. The fourth-order valence-electron chi connectivity index (χ4n) is 1.51. The zero-order valence-corrected chi connectivity index (χ0v) is 12.2. The first kappa shape index (κ1) is 17.3. The molecular formula is C14H19F2NO4. The van der Waals surface area contributed by atoms with Gasteiger partial charge in [-0.1, -0.05) is 0 Å². The molecule has 118 valence electrons. The molecule has 0 fully saturated rings. The molecule has 0 saturated heterocycles. The summed E-state index contributed by atoms with van der Waals surface area (Å²) in [6.07, 6.45) is -1.80. The van der Waals surface area contributed by atoms with Gasteiger partial charge in [0.1, 0.15) is 17.2 Å². The molecular weight excluding hydrogens is 284 g/mol. The van der Waals surface area contributed by atoms with Crippen molar-refractivity contribution >= 4 is 6.09 Å². The first-order valence-corrected chi connectivity index (χ1v) is 6.42. The molecule has 0 unspecified atom stereocenters. The lowest BCUT2D eigenvalue weighted by Crippen LogP contribution is -2.32. The second-order valence-corrected chi connectivity index (χ2v) is 5.46. The fraction of sp³-hybridized carbons (Fsp3) is 0.500. The molecule has 1 aromatic carbocycles. The number of aliphatic hydroxyl groups excluding tert-OH is 1. The van der Waals surface area contributed by atoms with Crippen LogP contribution in [0.5, 0.6) is 0 Å². The molecule has 0 radical (unpaired) electrons. The Bertz CT molecular complexity index is 468. The number of carbonyl (C=O) groups excluding carboxylic acids is 1. The molecule has 0 aliphatic rings. The van der Waals surface area contributed by atoms with Crippen molar-refractivity contribution in [3.05, 3.63) is 35.4 Å². The van der Waals surface area contributed by atoms with E-state index < -0.39 is 29.4 Å². The lowest BCUT2D eigenvalue weighted by molar-refractivity contribution is -0.0162. The maximum atomic E-state index is 13.0. The minimum Gasteiger partial charge on any atom is -0.442 e. The number of amides is 1. The summed E-state index contributed by atoms with van der Waals surface area (Å²) in [6, 6.07) is 2.79. The summed E-state index contributed by atoms with van der Waals surface area (Å²) < 4.78 is 30.9. The molecule has 7 heteroatoms. The van der Waals surface area contributed by atoms with Gasteiger partial charge < -0.3 is 9.84 Å². The summed E-state index contributed by atoms with van der Waals surface area (Å²) in [5, 5.41) is 9.76. The van der Waals surface area contributed by atoms with Gasteiger partial charge in [0.15, 0.2) is 0 Å². The highest BCUT2D eigenvalue weighted by Crippen LogP contribution is 2.19. The summed E-state index contributed by atoms with van der Waals surface area (Å²) in [5.74, 6) is -1.53. The average Bonchev–Trinajstić information content (AvgIpc) is 2.31. The summed E-state index contributed by atoms with van der Waals surface area (Å²) in [5.41, 5.74) is 1.51. The highest BCUT2D eigenvalue weighted by Gasteiger charge is 2.16. The van der Waals surface area contributed by atoms with Crippen molar-refractivity contribution in [3.63, 3.8) is 0 Å². The van der Waals surface area contributed by atoms with E-state index in [0.717, 1.165) is 18.2 Å². The van der Waals surface area contributed by atoms with Gasteiger partial charge in [-0.3, -0.25) is 4.84 Å². The molecule has 1 amide bonds. The molecule has 21 heavy (non-hydrogen) atoms. The SMILES string of the molecule is CC(C)(C)OC(=O)NOCC[C@H](O)c1cc(F)cc(F)c1. The Kier molecular flexibility index (Phi) is 6.04. The van der Waals surface area contributed by atoms with Crippen LogP contribution in [-0.4, -0.2) is 23.4 Å². The van der Waals surface area contributed by atoms with Crippen molar-refractivity contribution in [2.45, 2.75) is 38.9 Å². The molecule has 1 aromatic rings. The second-order valence-electron chi connectivity index (χ2n) is 5.46. The number of halogens is 2. The third kappa shape index (κ3) is 7.01. The Hall–Kier alpha value is -1.73. The molecule has 0 aromatic heterocycles. The van der Waals surface area contributed by atoms with Gasteiger partial charge in [0.25, 0.3) is 0 Å². The predicted molar refractivity (Wildman–Crippen MR) is 71.3 cm³/mol. The Morgan fingerprint density at radius 2 is 1.86 bits per heavy atom. The van der Waals surface area contributed by atoms with Gasteiger partial charge in [-0.15, -0.1) is 0 Å². The quantitative estimate of drug-likeness (QED) is 0.648. The topological polar surface area (TPSA) is 67.8 Å². The first-order chi connectivity index (χ1) is 9.67. The third-order valence-electron chi connectivity index (χ3n) is 2.32. The highest BCUT2D eigenvalue weighted by atomic mass is 19.1. The monoisotopic (exact) mass is 303 g/mol. The number of carbonyl (C=O) groups is 1. The van der Waals surface area contributed by atoms with E-state index in [1.165, 1.54) is 0 Å². The number of aliphatic hydroxyl groups is 1. The van der Waals surface area contributed by atoms with Gasteiger partial charge in [-0.25, -0.2) is 13.6 Å². The van der Waals surface area contributed by atoms with Crippen LogP contribution >= 0.6 is 0 Å². The van der Waals surface area contributed by atoms with Crippen molar-refractivity contribution in [3.8, 4) is 0 Å². The lowest BCUT2D eigenvalue weighted by atomic mass is 10.1. The fourth-order valence-corrected chi connectivity index (χ4v) is 1.51. The van der Waals surface area contributed by atoms with E-state index in [1.54, 1.807) is 20.8 Å². The first-order valence-electron chi connectivity index (χ1n) is 6.42. The Morgan fingerprint density at radius 3 is 2.38 bits per heavy atom. The number of nitrogens with one attached hydrogen (secondary N) is 1. The van der Waals surface area contributed by atoms with E-state index in [9.17, 15) is 18.7 Å². The third-order valence-corrected chi connectivity index (χ3v) is 2.32. The van der Waals surface area contributed by atoms with Crippen molar-refractivity contribution in [2.24, 2.45) is 0 Å². The zero-order chi connectivity index (χ0) is 16.0. The molecule has 0 bridgehead atoms. The molecule has 0 spiro atoms. The smallest absolute Gasteiger partial charge is 0.431 e. The van der Waals surface area contributed by atoms with Crippen LogP contribution in [0.4, 0.5) is 13.6 Å². The lowest BCUT2D eigenvalue weighted by Gasteiger charge is -2.19. The molecule has 2 N–H and O–H groups in total. The van der Waals surface area contributed by atoms with Gasteiger partial charge in [-0.2, -0.15) is 5.48 Å². The van der Waals surface area contributed by atoms with Gasteiger partial charge in [0.2, 0.25) is 0 Å². The molecule has 0 aliphatic heterocycles. The predicted octanol–water partition coefficient (Wildman–Crippen LogP) is 2.84. The van der Waals surface area contributed by atoms with Crippen LogP contribution < -0.4 is 5.48 Å². The minimum absolute atomic E-state index is 0.0431. The molecule has 1 rings (SSSR count). The van der Waals surface area contributed by atoms with Crippen molar-refractivity contribution in [2.75, 3.05) is 6.61 Å². The largest absolute Gasteiger partial charge is 0.442 e. The minimum atomic E-state index is -1.10. The van der Waals surface area contributed by atoms with E-state index in [0.29, 0.717) is 0 Å². The van der Waals surface area contributed by atoms with Crippen molar-refractivity contribution in [1.82, 2.24) is 5.48 Å². The Labute approximate surface area is 121 Å². The number of hydrogen-bond donors (Lipinski definition) is 2. The maximum absolute atomic E-state index is 13.0. The number of benzene rings is 1. The Balaban J connectivity index is 2.34. The summed E-state index contributed by atoms with van der Waals surface area (Å²) in [6.45, 7) is 5.07. The van der Waals surface area contributed by atoms with E-state index in [-0.39, 0.29) is 18.6 Å². The molecule has 5 nitrogen and oxygen atoms in total. The highest BCUT2D eigenvalue weighted by molar-refractivity contribution is 5.66. The number of hydrogen-bond acceptors (Lipinski definition) is 4.